The van der Waals surface area contributed by atoms with Crippen LogP contribution in [-0.2, 0) is 22.4 Å². The fourth-order valence-electron chi connectivity index (χ4n) is 3.29. The molecule has 1 amide bonds. The molecular weight excluding hydrogens is 396 g/mol. The van der Waals surface area contributed by atoms with Gasteiger partial charge in [0.2, 0.25) is 0 Å². The van der Waals surface area contributed by atoms with Gasteiger partial charge in [0.25, 0.3) is 5.91 Å². The number of hydrogen-bond donors (Lipinski definition) is 1. The van der Waals surface area contributed by atoms with Crippen molar-refractivity contribution in [2.24, 2.45) is 0 Å². The van der Waals surface area contributed by atoms with E-state index in [9.17, 15) is 23.2 Å². The van der Waals surface area contributed by atoms with Gasteiger partial charge in [-0.15, -0.1) is 0 Å². The molecule has 1 aliphatic carbocycles. The van der Waals surface area contributed by atoms with E-state index in [0.29, 0.717) is 5.56 Å². The Kier molecular flexibility index (Phi) is 7.11. The van der Waals surface area contributed by atoms with Crippen LogP contribution in [0.4, 0.5) is 8.78 Å². The van der Waals surface area contributed by atoms with Gasteiger partial charge in [0.15, 0.2) is 12.4 Å². The molecule has 0 bridgehead atoms. The van der Waals surface area contributed by atoms with Gasteiger partial charge in [-0.2, -0.15) is 8.78 Å². The highest BCUT2D eigenvalue weighted by Crippen LogP contribution is 2.22. The maximum atomic E-state index is 12.4. The number of nitrogens with one attached hydrogen (secondary N) is 1. The molecule has 2 aromatic carbocycles. The Balaban J connectivity index is 1.49. The van der Waals surface area contributed by atoms with E-state index in [1.807, 2.05) is 12.1 Å². The second-order valence-corrected chi connectivity index (χ2v) is 6.83. The molecule has 0 saturated heterocycles. The number of carbonyl (C=O) groups excluding carboxylic acids is 3. The van der Waals surface area contributed by atoms with Crippen molar-refractivity contribution in [3.63, 3.8) is 0 Å². The molecule has 0 saturated carbocycles. The summed E-state index contributed by atoms with van der Waals surface area (Å²) in [5.74, 6) is -2.23. The molecule has 1 aliphatic rings. The number of amides is 1. The first-order valence-electron chi connectivity index (χ1n) is 9.56. The summed E-state index contributed by atoms with van der Waals surface area (Å²) in [6.45, 7) is -4.05. The molecule has 0 aromatic heterocycles. The molecule has 0 aliphatic heterocycles. The van der Waals surface area contributed by atoms with E-state index in [0.717, 1.165) is 31.2 Å². The predicted octanol–water partition coefficient (Wildman–Crippen LogP) is 3.32. The number of rotatable bonds is 8. The number of ketones is 1. The normalized spacial score (nSPS) is 12.8. The van der Waals surface area contributed by atoms with E-state index in [-0.39, 0.29) is 17.1 Å². The quantitative estimate of drug-likeness (QED) is 0.526. The molecule has 8 heteroatoms. The van der Waals surface area contributed by atoms with Crippen LogP contribution >= 0.6 is 0 Å². The van der Waals surface area contributed by atoms with Gasteiger partial charge in [0, 0.05) is 5.56 Å². The number of hydrogen-bond acceptors (Lipinski definition) is 5. The highest BCUT2D eigenvalue weighted by Gasteiger charge is 2.18. The van der Waals surface area contributed by atoms with E-state index in [4.69, 9.17) is 4.74 Å². The Morgan fingerprint density at radius 3 is 2.50 bits per heavy atom. The average molecular weight is 417 g/mol. The van der Waals surface area contributed by atoms with Crippen LogP contribution in [0, 0.1) is 0 Å². The van der Waals surface area contributed by atoms with Crippen LogP contribution in [-0.4, -0.2) is 37.4 Å². The van der Waals surface area contributed by atoms with Crippen molar-refractivity contribution in [1.29, 1.82) is 0 Å². The number of para-hydroxylation sites is 1. The van der Waals surface area contributed by atoms with Crippen LogP contribution in [0.1, 0.15) is 44.7 Å². The first-order valence-corrected chi connectivity index (χ1v) is 9.56. The van der Waals surface area contributed by atoms with Crippen molar-refractivity contribution in [3.8, 4) is 5.75 Å². The molecular formula is C22H21F2NO5. The molecule has 0 radical (unpaired) electrons. The molecule has 0 spiro atoms. The summed E-state index contributed by atoms with van der Waals surface area (Å²) in [5, 5.41) is 2.27. The van der Waals surface area contributed by atoms with Gasteiger partial charge in [-0.25, -0.2) is 0 Å². The lowest BCUT2D eigenvalue weighted by Crippen LogP contribution is -2.32. The number of carbonyl (C=O) groups is 3. The Labute approximate surface area is 172 Å². The number of esters is 1. The largest absolute Gasteiger partial charge is 0.456 e. The molecule has 2 aromatic rings. The molecule has 0 unspecified atom stereocenters. The highest BCUT2D eigenvalue weighted by atomic mass is 19.3. The number of aryl methyl sites for hydroxylation is 2. The van der Waals surface area contributed by atoms with Crippen LogP contribution in [0.25, 0.3) is 0 Å². The fraction of sp³-hybridized carbons (Fsp3) is 0.318. The zero-order chi connectivity index (χ0) is 21.5. The minimum absolute atomic E-state index is 0.143. The monoisotopic (exact) mass is 417 g/mol. The number of alkyl halides is 2. The van der Waals surface area contributed by atoms with Crippen LogP contribution in [0.15, 0.2) is 42.5 Å². The zero-order valence-corrected chi connectivity index (χ0v) is 16.2. The summed E-state index contributed by atoms with van der Waals surface area (Å²) in [4.78, 5) is 36.3. The van der Waals surface area contributed by atoms with Gasteiger partial charge >= 0.3 is 12.6 Å². The van der Waals surface area contributed by atoms with E-state index in [1.54, 1.807) is 6.07 Å². The van der Waals surface area contributed by atoms with E-state index < -0.39 is 31.6 Å². The summed E-state index contributed by atoms with van der Waals surface area (Å²) in [5.41, 5.74) is 2.73. The van der Waals surface area contributed by atoms with Crippen LogP contribution in [0.3, 0.4) is 0 Å². The van der Waals surface area contributed by atoms with Gasteiger partial charge in [-0.1, -0.05) is 24.3 Å². The second kappa shape index (κ2) is 9.96. The maximum Gasteiger partial charge on any atom is 0.387 e. The summed E-state index contributed by atoms with van der Waals surface area (Å²) >= 11 is 0. The maximum absolute atomic E-state index is 12.4. The molecule has 30 heavy (non-hydrogen) atoms. The first kappa shape index (κ1) is 21.4. The summed E-state index contributed by atoms with van der Waals surface area (Å²) in [6, 6.07) is 10.9. The summed E-state index contributed by atoms with van der Waals surface area (Å²) < 4.78 is 34.1. The van der Waals surface area contributed by atoms with Gasteiger partial charge in [0.1, 0.15) is 12.3 Å². The number of halogens is 2. The van der Waals surface area contributed by atoms with E-state index in [1.165, 1.54) is 29.8 Å². The predicted molar refractivity (Wildman–Crippen MR) is 104 cm³/mol. The number of benzene rings is 2. The molecule has 0 heterocycles. The molecule has 6 nitrogen and oxygen atoms in total. The smallest absolute Gasteiger partial charge is 0.387 e. The van der Waals surface area contributed by atoms with Crippen molar-refractivity contribution >= 4 is 17.7 Å². The molecule has 1 N–H and O–H groups in total. The minimum Gasteiger partial charge on any atom is -0.456 e. The average Bonchev–Trinajstić information content (AvgIpc) is 2.75. The third-order valence-electron chi connectivity index (χ3n) is 4.78. The Morgan fingerprint density at radius 2 is 1.73 bits per heavy atom. The molecule has 0 atom stereocenters. The van der Waals surface area contributed by atoms with Crippen molar-refractivity contribution in [2.75, 3.05) is 13.2 Å². The van der Waals surface area contributed by atoms with Crippen LogP contribution < -0.4 is 10.1 Å². The van der Waals surface area contributed by atoms with Crippen LogP contribution in [0.5, 0.6) is 5.75 Å². The molecule has 0 fully saturated rings. The zero-order valence-electron chi connectivity index (χ0n) is 16.2. The van der Waals surface area contributed by atoms with E-state index in [2.05, 4.69) is 10.1 Å². The van der Waals surface area contributed by atoms with Crippen molar-refractivity contribution < 1.29 is 32.6 Å². The standard InChI is InChI=1S/C22H21F2NO5/c23-22(24)30-19-8-4-3-7-17(19)21(28)25-12-20(27)29-13-18(26)16-10-9-14-5-1-2-6-15(14)11-16/h3-4,7-11,22H,1-2,5-6,12-13H2,(H,25,28). The topological polar surface area (TPSA) is 81.7 Å². The van der Waals surface area contributed by atoms with Crippen molar-refractivity contribution in [3.05, 3.63) is 64.7 Å². The third kappa shape index (κ3) is 5.62. The molecule has 3 rings (SSSR count). The SMILES string of the molecule is O=C(CNC(=O)c1ccccc1OC(F)F)OCC(=O)c1ccc2c(c1)CCCC2. The number of fused-ring (bicyclic) bond motifs is 1. The summed E-state index contributed by atoms with van der Waals surface area (Å²) in [7, 11) is 0. The number of ether oxygens (including phenoxy) is 2. The van der Waals surface area contributed by atoms with Crippen molar-refractivity contribution in [2.45, 2.75) is 32.3 Å². The molecule has 158 valence electrons. The Morgan fingerprint density at radius 1 is 1.00 bits per heavy atom. The Bertz CT molecular complexity index is 945. The van der Waals surface area contributed by atoms with Gasteiger partial charge < -0.3 is 14.8 Å². The van der Waals surface area contributed by atoms with Crippen LogP contribution in [0.2, 0.25) is 0 Å². The van der Waals surface area contributed by atoms with Gasteiger partial charge in [-0.05, 0) is 55.0 Å². The lowest BCUT2D eigenvalue weighted by molar-refractivity contribution is -0.141. The van der Waals surface area contributed by atoms with E-state index >= 15 is 0 Å². The van der Waals surface area contributed by atoms with Gasteiger partial charge in [-0.3, -0.25) is 14.4 Å². The lowest BCUT2D eigenvalue weighted by atomic mass is 9.90. The van der Waals surface area contributed by atoms with Crippen molar-refractivity contribution in [1.82, 2.24) is 5.32 Å². The first-order chi connectivity index (χ1) is 14.4. The Hall–Kier alpha value is -3.29. The fourth-order valence-corrected chi connectivity index (χ4v) is 3.29. The minimum atomic E-state index is -3.08. The second-order valence-electron chi connectivity index (χ2n) is 6.83. The number of Topliss-reactive ketones (excluding diaryl/α,β-unsaturated/α-hetero) is 1. The summed E-state index contributed by atoms with van der Waals surface area (Å²) in [6.07, 6.45) is 4.16. The highest BCUT2D eigenvalue weighted by molar-refractivity contribution is 5.99. The lowest BCUT2D eigenvalue weighted by Gasteiger charge is -2.16. The third-order valence-corrected chi connectivity index (χ3v) is 4.78. The van der Waals surface area contributed by atoms with Gasteiger partial charge in [0.05, 0.1) is 5.56 Å².